The average molecular weight is 384 g/mol. The highest BCUT2D eigenvalue weighted by atomic mass is 35.5. The highest BCUT2D eigenvalue weighted by molar-refractivity contribution is 6.33. The highest BCUT2D eigenvalue weighted by Crippen LogP contribution is 2.27. The van der Waals surface area contributed by atoms with Crippen LogP contribution in [0.3, 0.4) is 0 Å². The van der Waals surface area contributed by atoms with E-state index in [2.05, 4.69) is 10.3 Å². The van der Waals surface area contributed by atoms with Crippen molar-refractivity contribution < 1.29 is 8.78 Å². The number of nitrogens with one attached hydrogen (secondary N) is 1. The predicted octanol–water partition coefficient (Wildman–Crippen LogP) is 5.06. The molecular weight excluding hydrogens is 372 g/mol. The van der Waals surface area contributed by atoms with Crippen LogP contribution in [0, 0.1) is 11.6 Å². The van der Waals surface area contributed by atoms with Gasteiger partial charge in [-0.1, -0.05) is 29.8 Å². The van der Waals surface area contributed by atoms with Crippen LogP contribution in [0.5, 0.6) is 0 Å². The second-order valence-electron chi connectivity index (χ2n) is 5.82. The maximum atomic E-state index is 13.6. The van der Waals surface area contributed by atoms with E-state index in [0.29, 0.717) is 16.9 Å². The summed E-state index contributed by atoms with van der Waals surface area (Å²) in [5.74, 6) is -0.824. The molecule has 0 bridgehead atoms. The summed E-state index contributed by atoms with van der Waals surface area (Å²) in [5.41, 5.74) is 0.818. The Morgan fingerprint density at radius 2 is 1.63 bits per heavy atom. The third-order valence-corrected chi connectivity index (χ3v) is 4.33. The molecule has 1 heterocycles. The normalized spacial score (nSPS) is 10.9. The van der Waals surface area contributed by atoms with Crippen LogP contribution >= 0.6 is 11.6 Å². The molecule has 7 heteroatoms. The van der Waals surface area contributed by atoms with Gasteiger partial charge in [0.15, 0.2) is 0 Å². The number of nitrogens with zero attached hydrogens (tertiary/aromatic N) is 2. The first-order chi connectivity index (χ1) is 13.0. The summed E-state index contributed by atoms with van der Waals surface area (Å²) in [4.78, 5) is 17.5. The van der Waals surface area contributed by atoms with Gasteiger partial charge in [-0.3, -0.25) is 4.79 Å². The molecule has 0 unspecified atom stereocenters. The molecule has 0 fully saturated rings. The minimum absolute atomic E-state index is 0.142. The lowest BCUT2D eigenvalue weighted by Gasteiger charge is -2.15. The molecule has 4 aromatic rings. The van der Waals surface area contributed by atoms with E-state index in [4.69, 9.17) is 11.6 Å². The van der Waals surface area contributed by atoms with Gasteiger partial charge in [0, 0.05) is 0 Å². The Balaban J connectivity index is 1.98. The van der Waals surface area contributed by atoms with Crippen molar-refractivity contribution in [1.29, 1.82) is 0 Å². The fourth-order valence-electron chi connectivity index (χ4n) is 2.77. The van der Waals surface area contributed by atoms with Crippen molar-refractivity contribution in [2.75, 3.05) is 5.32 Å². The Labute approximate surface area is 157 Å². The second-order valence-corrected chi connectivity index (χ2v) is 6.23. The molecule has 0 radical (unpaired) electrons. The molecule has 0 saturated heterocycles. The number of anilines is 2. The molecule has 4 rings (SSSR count). The van der Waals surface area contributed by atoms with E-state index in [1.54, 1.807) is 24.3 Å². The third-order valence-electron chi connectivity index (χ3n) is 4.02. The number of hydrogen-bond acceptors (Lipinski definition) is 3. The molecular formula is C20H12ClF2N3O. The van der Waals surface area contributed by atoms with Gasteiger partial charge in [-0.2, -0.15) is 0 Å². The van der Waals surface area contributed by atoms with E-state index < -0.39 is 17.2 Å². The van der Waals surface area contributed by atoms with Gasteiger partial charge in [0.2, 0.25) is 5.95 Å². The molecule has 27 heavy (non-hydrogen) atoms. The summed E-state index contributed by atoms with van der Waals surface area (Å²) in [6.45, 7) is 0. The van der Waals surface area contributed by atoms with E-state index in [1.807, 2.05) is 6.07 Å². The lowest BCUT2D eigenvalue weighted by Crippen LogP contribution is -2.23. The maximum absolute atomic E-state index is 13.6. The molecule has 0 aliphatic heterocycles. The van der Waals surface area contributed by atoms with E-state index in [0.717, 1.165) is 12.1 Å². The number of aromatic nitrogens is 2. The van der Waals surface area contributed by atoms with Gasteiger partial charge in [-0.25, -0.2) is 18.3 Å². The number of halogens is 3. The monoisotopic (exact) mass is 383 g/mol. The van der Waals surface area contributed by atoms with Crippen LogP contribution in [0.25, 0.3) is 16.6 Å². The average Bonchev–Trinajstić information content (AvgIpc) is 2.65. The lowest BCUT2D eigenvalue weighted by molar-refractivity contribution is 0.628. The van der Waals surface area contributed by atoms with Crippen LogP contribution in [-0.4, -0.2) is 9.55 Å². The molecule has 0 spiro atoms. The van der Waals surface area contributed by atoms with Gasteiger partial charge >= 0.3 is 0 Å². The lowest BCUT2D eigenvalue weighted by atomic mass is 10.2. The van der Waals surface area contributed by atoms with Gasteiger partial charge < -0.3 is 5.32 Å². The molecule has 3 aromatic carbocycles. The number of fused-ring (bicyclic) bond motifs is 1. The van der Waals surface area contributed by atoms with Crippen molar-refractivity contribution in [3.63, 3.8) is 0 Å². The van der Waals surface area contributed by atoms with E-state index in [-0.39, 0.29) is 16.4 Å². The SMILES string of the molecule is O=c1c2cc(F)ccc2nc(Nc2ccc(F)cc2Cl)n1-c1ccccc1. The first kappa shape index (κ1) is 17.2. The van der Waals surface area contributed by atoms with Crippen molar-refractivity contribution in [1.82, 2.24) is 9.55 Å². The second kappa shape index (κ2) is 6.81. The van der Waals surface area contributed by atoms with Crippen LogP contribution in [0.15, 0.2) is 71.5 Å². The Morgan fingerprint density at radius 3 is 2.37 bits per heavy atom. The van der Waals surface area contributed by atoms with Gasteiger partial charge in [-0.15, -0.1) is 0 Å². The highest BCUT2D eigenvalue weighted by Gasteiger charge is 2.15. The minimum Gasteiger partial charge on any atom is -0.324 e. The third kappa shape index (κ3) is 3.27. The molecule has 0 amide bonds. The zero-order valence-electron chi connectivity index (χ0n) is 13.8. The van der Waals surface area contributed by atoms with Crippen molar-refractivity contribution in [2.45, 2.75) is 0 Å². The fourth-order valence-corrected chi connectivity index (χ4v) is 2.98. The number of rotatable bonds is 3. The molecule has 0 saturated carbocycles. The van der Waals surface area contributed by atoms with Crippen LogP contribution in [0.4, 0.5) is 20.4 Å². The summed E-state index contributed by atoms with van der Waals surface area (Å²) in [7, 11) is 0. The van der Waals surface area contributed by atoms with Crippen molar-refractivity contribution >= 4 is 34.1 Å². The quantitative estimate of drug-likeness (QED) is 0.538. The van der Waals surface area contributed by atoms with Crippen LogP contribution in [0.1, 0.15) is 0 Å². The molecule has 0 aliphatic rings. The number of hydrogen-bond donors (Lipinski definition) is 1. The smallest absolute Gasteiger partial charge is 0.267 e. The number of benzene rings is 3. The van der Waals surface area contributed by atoms with Crippen molar-refractivity contribution in [3.8, 4) is 5.69 Å². The van der Waals surface area contributed by atoms with E-state index in [1.165, 1.54) is 28.8 Å². The summed E-state index contributed by atoms with van der Waals surface area (Å²) in [6.07, 6.45) is 0. The minimum atomic E-state index is -0.525. The van der Waals surface area contributed by atoms with Crippen molar-refractivity contribution in [3.05, 3.63) is 93.7 Å². The molecule has 0 aliphatic carbocycles. The molecule has 134 valence electrons. The van der Waals surface area contributed by atoms with Crippen LogP contribution in [0.2, 0.25) is 5.02 Å². The molecule has 0 atom stereocenters. The first-order valence-corrected chi connectivity index (χ1v) is 8.40. The molecule has 1 aromatic heterocycles. The standard InChI is InChI=1S/C20H12ClF2N3O/c21-16-11-13(23)7-9-18(16)25-20-24-17-8-6-12(22)10-15(17)19(27)26(20)14-4-2-1-3-5-14/h1-11H,(H,24,25). The van der Waals surface area contributed by atoms with Gasteiger partial charge in [0.1, 0.15) is 11.6 Å². The van der Waals surface area contributed by atoms with Gasteiger partial charge in [0.25, 0.3) is 5.56 Å². The van der Waals surface area contributed by atoms with Crippen LogP contribution in [-0.2, 0) is 0 Å². The van der Waals surface area contributed by atoms with E-state index in [9.17, 15) is 13.6 Å². The van der Waals surface area contributed by atoms with Crippen molar-refractivity contribution in [2.24, 2.45) is 0 Å². The largest absolute Gasteiger partial charge is 0.324 e. The summed E-state index contributed by atoms with van der Waals surface area (Å²) in [5, 5.41) is 3.26. The summed E-state index contributed by atoms with van der Waals surface area (Å²) in [6, 6.07) is 16.5. The first-order valence-electron chi connectivity index (χ1n) is 8.03. The van der Waals surface area contributed by atoms with Gasteiger partial charge in [-0.05, 0) is 48.5 Å². The van der Waals surface area contributed by atoms with E-state index >= 15 is 0 Å². The zero-order valence-corrected chi connectivity index (χ0v) is 14.5. The number of para-hydroxylation sites is 1. The fraction of sp³-hybridized carbons (Fsp3) is 0. The molecule has 1 N–H and O–H groups in total. The Morgan fingerprint density at radius 1 is 0.926 bits per heavy atom. The topological polar surface area (TPSA) is 46.9 Å². The Hall–Kier alpha value is -3.25. The van der Waals surface area contributed by atoms with Crippen LogP contribution < -0.4 is 10.9 Å². The summed E-state index contributed by atoms with van der Waals surface area (Å²) >= 11 is 6.09. The Bertz CT molecular complexity index is 1210. The van der Waals surface area contributed by atoms with Gasteiger partial charge in [0.05, 0.1) is 27.3 Å². The summed E-state index contributed by atoms with van der Waals surface area (Å²) < 4.78 is 28.3. The zero-order chi connectivity index (χ0) is 19.0. The predicted molar refractivity (Wildman–Crippen MR) is 102 cm³/mol. The Kier molecular flexibility index (Phi) is 4.33. The maximum Gasteiger partial charge on any atom is 0.267 e. The molecule has 4 nitrogen and oxygen atoms in total.